The lowest BCUT2D eigenvalue weighted by Gasteiger charge is -2.41. The molecule has 5 aliphatic rings. The van der Waals surface area contributed by atoms with Crippen molar-refractivity contribution >= 4 is 39.4 Å². The molecule has 0 aromatic carbocycles. The third-order valence-electron chi connectivity index (χ3n) is 14.2. The van der Waals surface area contributed by atoms with Gasteiger partial charge in [-0.05, 0) is 93.3 Å². The van der Waals surface area contributed by atoms with E-state index in [1.807, 2.05) is 26.5 Å². The fourth-order valence-electron chi connectivity index (χ4n) is 11.1. The molecule has 3 aliphatic heterocycles. The summed E-state index contributed by atoms with van der Waals surface area (Å²) in [5.74, 6) is 4.40. The molecule has 0 radical (unpaired) electrons. The van der Waals surface area contributed by atoms with Crippen molar-refractivity contribution in [3.8, 4) is 0 Å². The quantitative estimate of drug-likeness (QED) is 0.148. The summed E-state index contributed by atoms with van der Waals surface area (Å²) >= 11 is 0. The molecule has 0 aromatic heterocycles. The predicted molar refractivity (Wildman–Crippen MR) is 230 cm³/mol. The van der Waals surface area contributed by atoms with E-state index in [0.717, 1.165) is 81.9 Å². The molecule has 2 saturated heterocycles. The maximum absolute atomic E-state index is 13.9. The lowest BCUT2D eigenvalue weighted by molar-refractivity contribution is -0.699. The first-order valence-electron chi connectivity index (χ1n) is 22.8. The molecular formula is C43H80N6O6S2+2. The zero-order valence-electron chi connectivity index (χ0n) is 35.4. The lowest BCUT2D eigenvalue weighted by Crippen LogP contribution is -2.94. The molecule has 14 heteroatoms. The second-order valence-corrected chi connectivity index (χ2v) is 21.3. The van der Waals surface area contributed by atoms with Crippen LogP contribution in [0.2, 0.25) is 0 Å². The van der Waals surface area contributed by atoms with Gasteiger partial charge in [-0.15, -0.1) is 0 Å². The molecule has 2 aliphatic carbocycles. The molecule has 2 saturated carbocycles. The Labute approximate surface area is 351 Å². The topological polar surface area (TPSA) is 191 Å². The number of methoxy groups -OCH3 is 1. The summed E-state index contributed by atoms with van der Waals surface area (Å²) < 4.78 is 11.6. The van der Waals surface area contributed by atoms with Crippen LogP contribution in [0.4, 0.5) is 0 Å². The Morgan fingerprint density at radius 2 is 1.72 bits per heavy atom. The number of hydrogen-bond acceptors (Lipinski definition) is 11. The number of amides is 1. The average Bonchev–Trinajstić information content (AvgIpc) is 3.48. The first-order chi connectivity index (χ1) is 27.5. The number of aliphatic hydroxyl groups is 2. The number of carbonyl (C=O) groups is 2. The summed E-state index contributed by atoms with van der Waals surface area (Å²) in [6.45, 7) is 4.33. The van der Waals surface area contributed by atoms with Gasteiger partial charge in [0, 0.05) is 58.1 Å². The summed E-state index contributed by atoms with van der Waals surface area (Å²) in [6.07, 6.45) is 19.5. The van der Waals surface area contributed by atoms with Crippen LogP contribution in [0.3, 0.4) is 0 Å². The van der Waals surface area contributed by atoms with Gasteiger partial charge in [0.05, 0.1) is 31.4 Å². The van der Waals surface area contributed by atoms with E-state index in [0.29, 0.717) is 63.1 Å². The normalized spacial score (nSPS) is 36.9. The molecule has 0 aromatic rings. The number of piperidine rings is 1. The fourth-order valence-corrected chi connectivity index (χ4v) is 13.3. The Hall–Kier alpha value is -1.29. The highest BCUT2D eigenvalue weighted by atomic mass is 33.1. The highest BCUT2D eigenvalue weighted by molar-refractivity contribution is 8.76. The molecule has 10 N–H and O–H groups in total. The number of fused-ring (bicyclic) bond motifs is 4. The van der Waals surface area contributed by atoms with E-state index in [1.165, 1.54) is 58.3 Å². The van der Waals surface area contributed by atoms with E-state index >= 15 is 0 Å². The monoisotopic (exact) mass is 841 g/mol. The van der Waals surface area contributed by atoms with Crippen LogP contribution in [0.15, 0.2) is 0 Å². The number of ether oxygens (including phenoxy) is 2. The van der Waals surface area contributed by atoms with E-state index in [1.54, 1.807) is 7.11 Å². The predicted octanol–water partition coefficient (Wildman–Crippen LogP) is 2.98. The smallest absolute Gasteiger partial charge is 0.341 e. The molecular weight excluding hydrogens is 761 g/mol. The summed E-state index contributed by atoms with van der Waals surface area (Å²) in [5.41, 5.74) is 12.7. The maximum atomic E-state index is 13.9. The molecule has 5 rings (SSSR count). The number of carbonyl (C=O) groups excluding carboxylic acids is 2. The summed E-state index contributed by atoms with van der Waals surface area (Å²) in [5, 5.41) is 28.3. The van der Waals surface area contributed by atoms with Crippen LogP contribution in [0, 0.1) is 35.0 Å². The first-order valence-corrected chi connectivity index (χ1v) is 25.3. The van der Waals surface area contributed by atoms with Crippen LogP contribution in [-0.2, 0) is 19.1 Å². The number of esters is 1. The number of aliphatic hydroxyl groups excluding tert-OH is 2. The Balaban J connectivity index is 1.28. The number of hydrogen-bond donors (Lipinski definition) is 7. The van der Waals surface area contributed by atoms with Crippen LogP contribution < -0.4 is 27.1 Å². The number of nitrogens with one attached hydrogen (secondary N) is 2. The van der Waals surface area contributed by atoms with Crippen molar-refractivity contribution in [2.45, 2.75) is 172 Å². The fraction of sp³-hybridized carbons (Fsp3) is 0.930. The molecule has 328 valence electrons. The summed E-state index contributed by atoms with van der Waals surface area (Å²) in [4.78, 5) is 31.5. The number of rotatable bonds is 7. The number of quaternary nitrogens is 1. The van der Waals surface area contributed by atoms with Crippen LogP contribution in [0.5, 0.6) is 0 Å². The molecule has 6 unspecified atom stereocenters. The van der Waals surface area contributed by atoms with Gasteiger partial charge < -0.3 is 29.9 Å². The molecule has 1 amide bonds. The molecule has 4 fully saturated rings. The van der Waals surface area contributed by atoms with Crippen molar-refractivity contribution in [3.63, 3.8) is 0 Å². The number of nitrogens with two attached hydrogens (primary N) is 3. The third kappa shape index (κ3) is 15.9. The van der Waals surface area contributed by atoms with Crippen molar-refractivity contribution in [2.75, 3.05) is 44.9 Å². The molecule has 0 spiro atoms. The zero-order chi connectivity index (χ0) is 40.6. The Kier molecular flexibility index (Phi) is 19.9. The van der Waals surface area contributed by atoms with Crippen LogP contribution in [0.25, 0.3) is 0 Å². The zero-order valence-corrected chi connectivity index (χ0v) is 37.0. The molecule has 10 atom stereocenters. The van der Waals surface area contributed by atoms with E-state index < -0.39 is 12.2 Å². The Morgan fingerprint density at radius 3 is 2.49 bits per heavy atom. The minimum absolute atomic E-state index is 0.106. The van der Waals surface area contributed by atoms with Crippen molar-refractivity contribution in [1.82, 2.24) is 10.2 Å². The van der Waals surface area contributed by atoms with Gasteiger partial charge in [0.2, 0.25) is 5.91 Å². The Bertz CT molecular complexity index is 1250. The number of nitrogens with zero attached hydrogens (tertiary/aromatic N) is 1. The van der Waals surface area contributed by atoms with Crippen molar-refractivity contribution < 1.29 is 39.6 Å². The summed E-state index contributed by atoms with van der Waals surface area (Å²) in [7, 11) is 5.42. The van der Waals surface area contributed by atoms with Gasteiger partial charge in [-0.2, -0.15) is 0 Å². The Morgan fingerprint density at radius 1 is 0.965 bits per heavy atom. The van der Waals surface area contributed by atoms with Gasteiger partial charge >= 0.3 is 11.9 Å². The van der Waals surface area contributed by atoms with Gasteiger partial charge in [-0.1, -0.05) is 73.0 Å². The average molecular weight is 841 g/mol. The highest BCUT2D eigenvalue weighted by Gasteiger charge is 2.47. The standard InChI is InChI=1S/C43H78N6O6S2/c1-30(50)55-37-15-14-33-20-35(41(53)38(21-33)54-2)26-49-28-43(25-40(49)52,24-34-16-18-46-39(44)22-34)17-19-47-42(45)48-29-57-56-27-32(10-6-7-11-36(51)23-37)13-12-31-8-4-3-5-9-31/h31-39,41,46,51,53H,3-29,44H2,1-2H3,(H3,45,47,48)/p+2/t32-,33?,34?,35?,36+,37+,38?,39?,41?,43+/m1/s1. The van der Waals surface area contributed by atoms with E-state index in [9.17, 15) is 19.8 Å². The molecule has 12 nitrogen and oxygen atoms in total. The largest absolute Gasteiger partial charge is 0.462 e. The van der Waals surface area contributed by atoms with Gasteiger partial charge in [-0.25, -0.2) is 0 Å². The van der Waals surface area contributed by atoms with E-state index in [4.69, 9.17) is 20.9 Å². The lowest BCUT2D eigenvalue weighted by atomic mass is 9.73. The van der Waals surface area contributed by atoms with Crippen molar-refractivity contribution in [2.24, 2.45) is 46.5 Å². The minimum atomic E-state index is -0.663. The molecule has 4 bridgehead atoms. The van der Waals surface area contributed by atoms with Gasteiger partial charge in [0.25, 0.3) is 0 Å². The van der Waals surface area contributed by atoms with Crippen LogP contribution in [-0.4, -0.2) is 108 Å². The second kappa shape index (κ2) is 24.2. The summed E-state index contributed by atoms with van der Waals surface area (Å²) in [6, 6.07) is 0. The van der Waals surface area contributed by atoms with Gasteiger partial charge in [0.15, 0.2) is 0 Å². The second-order valence-electron chi connectivity index (χ2n) is 18.8. The van der Waals surface area contributed by atoms with E-state index in [2.05, 4.69) is 15.6 Å². The third-order valence-corrected chi connectivity index (χ3v) is 16.4. The SMILES string of the molecule is COC1CC2CC[C@H](OC(C)=O)C[C@@H](O)CCCC[C@H](CCC3CCCCC3)CSSC[NH+]=C(N)NCC[C@]3(CC4CC[NH2+]C(N)C4)CC(=O)N(CC(C2)C1O)C3. The number of guanidine groups is 1. The highest BCUT2D eigenvalue weighted by Crippen LogP contribution is 2.44. The van der Waals surface area contributed by atoms with Crippen molar-refractivity contribution in [1.29, 1.82) is 0 Å². The van der Waals surface area contributed by atoms with Gasteiger partial charge in [-0.3, -0.25) is 31.4 Å². The molecule has 57 heavy (non-hydrogen) atoms. The minimum Gasteiger partial charge on any atom is -0.462 e. The van der Waals surface area contributed by atoms with Crippen molar-refractivity contribution in [3.05, 3.63) is 0 Å². The molecule has 3 heterocycles. The van der Waals surface area contributed by atoms with Crippen LogP contribution >= 0.6 is 21.6 Å². The first kappa shape index (κ1) is 46.8. The maximum Gasteiger partial charge on any atom is 0.341 e. The van der Waals surface area contributed by atoms with E-state index in [-0.39, 0.29) is 47.5 Å². The van der Waals surface area contributed by atoms with Crippen LogP contribution in [0.1, 0.15) is 142 Å². The van der Waals surface area contributed by atoms with Gasteiger partial charge in [0.1, 0.15) is 18.1 Å².